The summed E-state index contributed by atoms with van der Waals surface area (Å²) in [5, 5.41) is 0. The van der Waals surface area contributed by atoms with E-state index in [2.05, 4.69) is 13.8 Å². The lowest BCUT2D eigenvalue weighted by Crippen LogP contribution is -2.03. The van der Waals surface area contributed by atoms with Crippen LogP contribution in [-0.2, 0) is 6.42 Å². The van der Waals surface area contributed by atoms with Gasteiger partial charge in [-0.3, -0.25) is 4.79 Å². The van der Waals surface area contributed by atoms with Gasteiger partial charge in [-0.2, -0.15) is 0 Å². The highest BCUT2D eigenvalue weighted by Crippen LogP contribution is 2.15. The Morgan fingerprint density at radius 1 is 0.950 bits per heavy atom. The maximum absolute atomic E-state index is 13.1. The number of hydrogen-bond donors (Lipinski definition) is 0. The first-order valence-electron chi connectivity index (χ1n) is 6.55. The molecule has 0 aliphatic rings. The molecule has 0 amide bonds. The molecule has 3 heteroatoms. The van der Waals surface area contributed by atoms with Crippen molar-refractivity contribution in [2.75, 3.05) is 0 Å². The molecule has 0 unspecified atom stereocenters. The second kappa shape index (κ2) is 5.95. The molecule has 0 fully saturated rings. The molecular formula is C17H16F2O. The van der Waals surface area contributed by atoms with Crippen molar-refractivity contribution in [3.63, 3.8) is 0 Å². The number of ketones is 1. The average molecular weight is 274 g/mol. The van der Waals surface area contributed by atoms with Gasteiger partial charge in [-0.15, -0.1) is 0 Å². The number of hydrogen-bond acceptors (Lipinski definition) is 1. The molecule has 2 aromatic rings. The average Bonchev–Trinajstić information content (AvgIpc) is 2.37. The summed E-state index contributed by atoms with van der Waals surface area (Å²) in [5.41, 5.74) is 1.60. The van der Waals surface area contributed by atoms with Crippen LogP contribution in [-0.4, -0.2) is 5.78 Å². The Morgan fingerprint density at radius 2 is 1.50 bits per heavy atom. The van der Waals surface area contributed by atoms with Gasteiger partial charge in [0.05, 0.1) is 0 Å². The summed E-state index contributed by atoms with van der Waals surface area (Å²) in [5.74, 6) is -1.33. The molecule has 2 rings (SSSR count). The zero-order chi connectivity index (χ0) is 14.7. The predicted octanol–water partition coefficient (Wildman–Crippen LogP) is 4.39. The van der Waals surface area contributed by atoms with E-state index in [0.717, 1.165) is 30.2 Å². The SMILES string of the molecule is CC(C)Cc1ccc(C(=O)c2cc(F)cc(F)c2)cc1. The van der Waals surface area contributed by atoms with Gasteiger partial charge in [-0.25, -0.2) is 8.78 Å². The van der Waals surface area contributed by atoms with Crippen LogP contribution in [0.2, 0.25) is 0 Å². The maximum atomic E-state index is 13.1. The van der Waals surface area contributed by atoms with E-state index in [1.54, 1.807) is 12.1 Å². The Morgan fingerprint density at radius 3 is 2.00 bits per heavy atom. The zero-order valence-electron chi connectivity index (χ0n) is 11.5. The molecule has 0 N–H and O–H groups in total. The number of carbonyl (C=O) groups is 1. The fourth-order valence-electron chi connectivity index (χ4n) is 2.12. The lowest BCUT2D eigenvalue weighted by Gasteiger charge is -2.06. The number of halogens is 2. The lowest BCUT2D eigenvalue weighted by molar-refractivity contribution is 0.103. The molecule has 0 heterocycles. The highest BCUT2D eigenvalue weighted by Gasteiger charge is 2.11. The molecule has 0 aliphatic carbocycles. The third kappa shape index (κ3) is 3.50. The second-order valence-electron chi connectivity index (χ2n) is 5.28. The largest absolute Gasteiger partial charge is 0.289 e. The second-order valence-corrected chi connectivity index (χ2v) is 5.28. The van der Waals surface area contributed by atoms with E-state index < -0.39 is 11.6 Å². The minimum atomic E-state index is -0.746. The Labute approximate surface area is 117 Å². The molecule has 20 heavy (non-hydrogen) atoms. The topological polar surface area (TPSA) is 17.1 Å². The summed E-state index contributed by atoms with van der Waals surface area (Å²) in [4.78, 5) is 12.2. The van der Waals surface area contributed by atoms with Crippen LogP contribution in [0.3, 0.4) is 0 Å². The minimum absolute atomic E-state index is 0.0270. The van der Waals surface area contributed by atoms with E-state index in [4.69, 9.17) is 0 Å². The van der Waals surface area contributed by atoms with Crippen molar-refractivity contribution in [3.05, 3.63) is 70.8 Å². The van der Waals surface area contributed by atoms with Crippen molar-refractivity contribution >= 4 is 5.78 Å². The maximum Gasteiger partial charge on any atom is 0.193 e. The van der Waals surface area contributed by atoms with Gasteiger partial charge < -0.3 is 0 Å². The van der Waals surface area contributed by atoms with Gasteiger partial charge in [0, 0.05) is 17.2 Å². The first-order chi connectivity index (χ1) is 9.45. The van der Waals surface area contributed by atoms with E-state index in [9.17, 15) is 13.6 Å². The van der Waals surface area contributed by atoms with Crippen LogP contribution >= 0.6 is 0 Å². The monoisotopic (exact) mass is 274 g/mol. The van der Waals surface area contributed by atoms with Crippen LogP contribution < -0.4 is 0 Å². The third-order valence-electron chi connectivity index (χ3n) is 2.98. The Hall–Kier alpha value is -2.03. The molecule has 0 saturated heterocycles. The van der Waals surface area contributed by atoms with E-state index in [1.165, 1.54) is 0 Å². The Balaban J connectivity index is 2.24. The van der Waals surface area contributed by atoms with Crippen molar-refractivity contribution in [1.29, 1.82) is 0 Å². The van der Waals surface area contributed by atoms with E-state index >= 15 is 0 Å². The molecular weight excluding hydrogens is 258 g/mol. The molecule has 0 aliphatic heterocycles. The van der Waals surface area contributed by atoms with Crippen LogP contribution in [0.4, 0.5) is 8.78 Å². The van der Waals surface area contributed by atoms with Crippen molar-refractivity contribution in [1.82, 2.24) is 0 Å². The summed E-state index contributed by atoms with van der Waals surface area (Å²) in [7, 11) is 0. The predicted molar refractivity (Wildman–Crippen MR) is 74.8 cm³/mol. The summed E-state index contributed by atoms with van der Waals surface area (Å²) in [6.45, 7) is 4.24. The highest BCUT2D eigenvalue weighted by molar-refractivity contribution is 6.08. The standard InChI is InChI=1S/C17H16F2O/c1-11(2)7-12-3-5-13(6-4-12)17(20)14-8-15(18)10-16(19)9-14/h3-6,8-11H,7H2,1-2H3. The fraction of sp³-hybridized carbons (Fsp3) is 0.235. The van der Waals surface area contributed by atoms with Crippen molar-refractivity contribution in [3.8, 4) is 0 Å². The van der Waals surface area contributed by atoms with Gasteiger partial charge in [0.1, 0.15) is 11.6 Å². The van der Waals surface area contributed by atoms with Gasteiger partial charge in [0.25, 0.3) is 0 Å². The van der Waals surface area contributed by atoms with E-state index in [1.807, 2.05) is 12.1 Å². The summed E-state index contributed by atoms with van der Waals surface area (Å²) < 4.78 is 26.2. The van der Waals surface area contributed by atoms with Crippen molar-refractivity contribution in [2.45, 2.75) is 20.3 Å². The molecule has 0 aromatic heterocycles. The third-order valence-corrected chi connectivity index (χ3v) is 2.98. The number of carbonyl (C=O) groups excluding carboxylic acids is 1. The number of benzene rings is 2. The van der Waals surface area contributed by atoms with Crippen LogP contribution in [0, 0.1) is 17.6 Å². The quantitative estimate of drug-likeness (QED) is 0.755. The highest BCUT2D eigenvalue weighted by atomic mass is 19.1. The minimum Gasteiger partial charge on any atom is -0.289 e. The Kier molecular flexibility index (Phi) is 4.28. The van der Waals surface area contributed by atoms with Crippen LogP contribution in [0.5, 0.6) is 0 Å². The molecule has 1 nitrogen and oxygen atoms in total. The lowest BCUT2D eigenvalue weighted by atomic mass is 9.98. The van der Waals surface area contributed by atoms with Gasteiger partial charge in [0.2, 0.25) is 0 Å². The molecule has 0 bridgehead atoms. The smallest absolute Gasteiger partial charge is 0.193 e. The first kappa shape index (κ1) is 14.4. The van der Waals surface area contributed by atoms with Crippen LogP contribution in [0.25, 0.3) is 0 Å². The van der Waals surface area contributed by atoms with Gasteiger partial charge in [-0.1, -0.05) is 38.1 Å². The van der Waals surface area contributed by atoms with Crippen molar-refractivity contribution in [2.24, 2.45) is 5.92 Å². The zero-order valence-corrected chi connectivity index (χ0v) is 11.5. The Bertz CT molecular complexity index is 595. The molecule has 0 atom stereocenters. The van der Waals surface area contributed by atoms with Crippen LogP contribution in [0.1, 0.15) is 35.3 Å². The normalized spacial score (nSPS) is 10.8. The fourth-order valence-corrected chi connectivity index (χ4v) is 2.12. The summed E-state index contributed by atoms with van der Waals surface area (Å²) >= 11 is 0. The molecule has 104 valence electrons. The van der Waals surface area contributed by atoms with Crippen LogP contribution in [0.15, 0.2) is 42.5 Å². The summed E-state index contributed by atoms with van der Waals surface area (Å²) in [6.07, 6.45) is 0.934. The molecule has 2 aromatic carbocycles. The van der Waals surface area contributed by atoms with Gasteiger partial charge >= 0.3 is 0 Å². The van der Waals surface area contributed by atoms with E-state index in [-0.39, 0.29) is 11.3 Å². The molecule has 0 radical (unpaired) electrons. The van der Waals surface area contributed by atoms with Gasteiger partial charge in [0.15, 0.2) is 5.78 Å². The summed E-state index contributed by atoms with van der Waals surface area (Å²) in [6, 6.07) is 10.0. The number of rotatable bonds is 4. The van der Waals surface area contributed by atoms with Gasteiger partial charge in [-0.05, 0) is 30.0 Å². The molecule has 0 spiro atoms. The first-order valence-corrected chi connectivity index (χ1v) is 6.55. The van der Waals surface area contributed by atoms with Crippen molar-refractivity contribution < 1.29 is 13.6 Å². The van der Waals surface area contributed by atoms with E-state index in [0.29, 0.717) is 11.5 Å². The molecule has 0 saturated carbocycles.